The van der Waals surface area contributed by atoms with Crippen LogP contribution in [0.25, 0.3) is 11.0 Å². The highest BCUT2D eigenvalue weighted by Gasteiger charge is 2.19. The number of nitrogens with one attached hydrogen (secondary N) is 1. The lowest BCUT2D eigenvalue weighted by atomic mass is 10.1. The van der Waals surface area contributed by atoms with Crippen molar-refractivity contribution in [2.75, 3.05) is 39.4 Å². The van der Waals surface area contributed by atoms with Gasteiger partial charge in [-0.25, -0.2) is 14.2 Å². The molecule has 1 aliphatic rings. The second-order valence-corrected chi connectivity index (χ2v) is 7.17. The second kappa shape index (κ2) is 9.03. The average molecular weight is 389 g/mol. The first-order chi connectivity index (χ1) is 13.5. The highest BCUT2D eigenvalue weighted by atomic mass is 16.5. The van der Waals surface area contributed by atoms with Crippen LogP contribution in [-0.2, 0) is 16.1 Å². The third-order valence-corrected chi connectivity index (χ3v) is 4.93. The predicted octanol–water partition coefficient (Wildman–Crippen LogP) is 0.204. The molecule has 0 aliphatic carbocycles. The van der Waals surface area contributed by atoms with Crippen molar-refractivity contribution in [3.05, 3.63) is 34.7 Å². The van der Waals surface area contributed by atoms with Gasteiger partial charge in [-0.1, -0.05) is 19.1 Å². The summed E-state index contributed by atoms with van der Waals surface area (Å²) in [5.74, 6) is -0.523. The molecule has 1 aliphatic heterocycles. The van der Waals surface area contributed by atoms with Gasteiger partial charge in [-0.2, -0.15) is 0 Å². The Balaban J connectivity index is 1.78. The van der Waals surface area contributed by atoms with Crippen LogP contribution in [0.4, 0.5) is 4.79 Å². The zero-order chi connectivity index (χ0) is 20.1. The summed E-state index contributed by atoms with van der Waals surface area (Å²) in [6.07, 6.45) is 0.177. The zero-order valence-electron chi connectivity index (χ0n) is 16.1. The summed E-state index contributed by atoms with van der Waals surface area (Å²) in [7, 11) is 0. The molecule has 1 fully saturated rings. The van der Waals surface area contributed by atoms with Crippen molar-refractivity contribution in [3.8, 4) is 0 Å². The first kappa shape index (κ1) is 20.1. The number of morpholine rings is 1. The molecule has 3 rings (SSSR count). The van der Waals surface area contributed by atoms with Gasteiger partial charge in [0.15, 0.2) is 0 Å². The van der Waals surface area contributed by atoms with Crippen LogP contribution < -0.4 is 16.7 Å². The predicted molar refractivity (Wildman–Crippen MR) is 105 cm³/mol. The summed E-state index contributed by atoms with van der Waals surface area (Å²) < 4.78 is 8.15. The van der Waals surface area contributed by atoms with E-state index in [-0.39, 0.29) is 24.6 Å². The molecule has 1 saturated heterocycles. The molecule has 0 bridgehead atoms. The van der Waals surface area contributed by atoms with Crippen LogP contribution in [0.3, 0.4) is 0 Å². The molecule has 1 atom stereocenters. The quantitative estimate of drug-likeness (QED) is 0.703. The van der Waals surface area contributed by atoms with Crippen molar-refractivity contribution in [3.63, 3.8) is 0 Å². The van der Waals surface area contributed by atoms with Crippen molar-refractivity contribution < 1.29 is 14.3 Å². The van der Waals surface area contributed by atoms with Gasteiger partial charge < -0.3 is 15.8 Å². The average Bonchev–Trinajstić information content (AvgIpc) is 2.96. The minimum atomic E-state index is -0.498. The Bertz CT molecular complexity index is 897. The Morgan fingerprint density at radius 1 is 1.18 bits per heavy atom. The maximum Gasteiger partial charge on any atom is 0.337 e. The number of nitrogens with two attached hydrogens (primary N) is 1. The van der Waals surface area contributed by atoms with E-state index in [2.05, 4.69) is 10.2 Å². The molecule has 1 unspecified atom stereocenters. The SMILES string of the molecule is CC(CNC(=O)n1c(=O)n(CCN2CCOCC2)c2ccccc21)CC(N)=O. The molecule has 2 heterocycles. The van der Waals surface area contributed by atoms with E-state index in [9.17, 15) is 14.4 Å². The molecule has 0 spiro atoms. The number of imidazole rings is 1. The fourth-order valence-corrected chi connectivity index (χ4v) is 3.44. The standard InChI is InChI=1S/C19H27N5O4/c1-14(12-17(20)25)13-21-18(26)24-16-5-3-2-4-15(16)23(19(24)27)7-6-22-8-10-28-11-9-22/h2-5,14H,6-13H2,1H3,(H2,20,25)(H,21,26). The van der Waals surface area contributed by atoms with Crippen molar-refractivity contribution in [1.29, 1.82) is 0 Å². The van der Waals surface area contributed by atoms with Crippen LogP contribution in [-0.4, -0.2) is 65.4 Å². The molecule has 2 aromatic rings. The molecule has 3 N–H and O–H groups in total. The smallest absolute Gasteiger partial charge is 0.337 e. The van der Waals surface area contributed by atoms with Gasteiger partial charge in [0.25, 0.3) is 0 Å². The van der Waals surface area contributed by atoms with Gasteiger partial charge in [-0.15, -0.1) is 0 Å². The van der Waals surface area contributed by atoms with Crippen molar-refractivity contribution in [2.45, 2.75) is 19.9 Å². The molecule has 0 radical (unpaired) electrons. The highest BCUT2D eigenvalue weighted by molar-refractivity contribution is 5.89. The van der Waals surface area contributed by atoms with Gasteiger partial charge in [-0.05, 0) is 18.1 Å². The maximum atomic E-state index is 13.0. The zero-order valence-corrected chi connectivity index (χ0v) is 16.1. The van der Waals surface area contributed by atoms with E-state index < -0.39 is 11.9 Å². The molecule has 1 aromatic carbocycles. The number of fused-ring (bicyclic) bond motifs is 1. The van der Waals surface area contributed by atoms with Gasteiger partial charge in [0.05, 0.1) is 24.2 Å². The largest absolute Gasteiger partial charge is 0.379 e. The van der Waals surface area contributed by atoms with E-state index in [0.29, 0.717) is 31.8 Å². The fraction of sp³-hybridized carbons (Fsp3) is 0.526. The minimum Gasteiger partial charge on any atom is -0.379 e. The van der Waals surface area contributed by atoms with E-state index in [0.717, 1.165) is 23.2 Å². The molecular weight excluding hydrogens is 362 g/mol. The van der Waals surface area contributed by atoms with Crippen molar-refractivity contribution in [2.24, 2.45) is 11.7 Å². The lowest BCUT2D eigenvalue weighted by Gasteiger charge is -2.26. The van der Waals surface area contributed by atoms with Gasteiger partial charge in [-0.3, -0.25) is 14.3 Å². The molecule has 1 aromatic heterocycles. The molecule has 152 valence electrons. The number of carbonyl (C=O) groups is 2. The van der Waals surface area contributed by atoms with E-state index in [1.807, 2.05) is 19.1 Å². The number of hydrogen-bond acceptors (Lipinski definition) is 5. The third-order valence-electron chi connectivity index (χ3n) is 4.93. The Labute approximate surface area is 163 Å². The second-order valence-electron chi connectivity index (χ2n) is 7.17. The van der Waals surface area contributed by atoms with Crippen LogP contribution in [0, 0.1) is 5.92 Å². The van der Waals surface area contributed by atoms with E-state index in [4.69, 9.17) is 10.5 Å². The number of rotatable bonds is 7. The number of amides is 2. The van der Waals surface area contributed by atoms with Gasteiger partial charge >= 0.3 is 11.7 Å². The van der Waals surface area contributed by atoms with Crippen LogP contribution >= 0.6 is 0 Å². The summed E-state index contributed by atoms with van der Waals surface area (Å²) >= 11 is 0. The summed E-state index contributed by atoms with van der Waals surface area (Å²) in [6, 6.07) is 6.75. The number of hydrogen-bond donors (Lipinski definition) is 2. The molecule has 9 nitrogen and oxygen atoms in total. The fourth-order valence-electron chi connectivity index (χ4n) is 3.44. The number of carbonyl (C=O) groups excluding carboxylic acids is 2. The number of ether oxygens (including phenoxy) is 1. The summed E-state index contributed by atoms with van der Waals surface area (Å²) in [6.45, 7) is 6.37. The molecule has 2 amide bonds. The molecule has 9 heteroatoms. The van der Waals surface area contributed by atoms with Crippen LogP contribution in [0.1, 0.15) is 13.3 Å². The first-order valence-electron chi connectivity index (χ1n) is 9.54. The Morgan fingerprint density at radius 2 is 1.86 bits per heavy atom. The number of nitrogens with zero attached hydrogens (tertiary/aromatic N) is 3. The van der Waals surface area contributed by atoms with E-state index in [1.165, 1.54) is 0 Å². The van der Waals surface area contributed by atoms with Gasteiger partial charge in [0.2, 0.25) is 5.91 Å². The minimum absolute atomic E-state index is 0.105. The number of para-hydroxylation sites is 2. The molecule has 28 heavy (non-hydrogen) atoms. The maximum absolute atomic E-state index is 13.0. The van der Waals surface area contributed by atoms with Crippen LogP contribution in [0.2, 0.25) is 0 Å². The molecular formula is C19H27N5O4. The van der Waals surface area contributed by atoms with E-state index >= 15 is 0 Å². The third kappa shape index (κ3) is 4.60. The number of benzene rings is 1. The first-order valence-corrected chi connectivity index (χ1v) is 9.54. The lowest BCUT2D eigenvalue weighted by Crippen LogP contribution is -2.41. The number of primary amides is 1. The van der Waals surface area contributed by atoms with Gasteiger partial charge in [0.1, 0.15) is 0 Å². The summed E-state index contributed by atoms with van der Waals surface area (Å²) in [5, 5.41) is 2.73. The number of aromatic nitrogens is 2. The highest BCUT2D eigenvalue weighted by Crippen LogP contribution is 2.13. The Hall–Kier alpha value is -2.65. The molecule has 0 saturated carbocycles. The lowest BCUT2D eigenvalue weighted by molar-refractivity contribution is -0.118. The Kier molecular flexibility index (Phi) is 6.48. The van der Waals surface area contributed by atoms with E-state index in [1.54, 1.807) is 16.7 Å². The monoisotopic (exact) mass is 389 g/mol. The summed E-state index contributed by atoms with van der Waals surface area (Å²) in [4.78, 5) is 38.9. The van der Waals surface area contributed by atoms with Crippen LogP contribution in [0.5, 0.6) is 0 Å². The van der Waals surface area contributed by atoms with Gasteiger partial charge in [0, 0.05) is 39.1 Å². The van der Waals surface area contributed by atoms with Crippen molar-refractivity contribution in [1.82, 2.24) is 19.4 Å². The van der Waals surface area contributed by atoms with Crippen molar-refractivity contribution >= 4 is 23.0 Å². The Morgan fingerprint density at radius 3 is 2.54 bits per heavy atom. The normalized spacial score (nSPS) is 16.2. The summed E-state index contributed by atoms with van der Waals surface area (Å²) in [5.41, 5.74) is 6.11. The topological polar surface area (TPSA) is 112 Å². The van der Waals surface area contributed by atoms with Crippen LogP contribution in [0.15, 0.2) is 29.1 Å².